The molecule has 4 amide bonds. The zero-order valence-corrected chi connectivity index (χ0v) is 16.2. The Morgan fingerprint density at radius 1 is 1.21 bits per heavy atom. The second-order valence-electron chi connectivity index (χ2n) is 7.61. The topological polar surface area (TPSA) is 117 Å². The summed E-state index contributed by atoms with van der Waals surface area (Å²) in [7, 11) is 0. The van der Waals surface area contributed by atoms with Gasteiger partial charge in [0.15, 0.2) is 0 Å². The highest BCUT2D eigenvalue weighted by Gasteiger charge is 2.45. The summed E-state index contributed by atoms with van der Waals surface area (Å²) in [6.07, 6.45) is 0.249. The number of ether oxygens (including phenoxy) is 1. The quantitative estimate of drug-likeness (QED) is 0.531. The van der Waals surface area contributed by atoms with Crippen molar-refractivity contribution in [2.45, 2.75) is 38.0 Å². The van der Waals surface area contributed by atoms with Gasteiger partial charge in [-0.1, -0.05) is 12.1 Å². The second kappa shape index (κ2) is 7.66. The van der Waals surface area contributed by atoms with Crippen LogP contribution in [0.25, 0.3) is 0 Å². The molecule has 9 nitrogen and oxygen atoms in total. The van der Waals surface area contributed by atoms with Crippen LogP contribution in [0.5, 0.6) is 0 Å². The molecule has 29 heavy (non-hydrogen) atoms. The molecule has 3 heterocycles. The molecular formula is C20H24N4O5. The van der Waals surface area contributed by atoms with Gasteiger partial charge in [0.1, 0.15) is 11.6 Å². The number of nitrogens with zero attached hydrogens (tertiary/aromatic N) is 1. The highest BCUT2D eigenvalue weighted by atomic mass is 16.5. The highest BCUT2D eigenvalue weighted by Crippen LogP contribution is 2.30. The van der Waals surface area contributed by atoms with E-state index in [9.17, 15) is 19.2 Å². The monoisotopic (exact) mass is 400 g/mol. The van der Waals surface area contributed by atoms with Gasteiger partial charge in [0, 0.05) is 39.2 Å². The molecule has 0 saturated carbocycles. The number of rotatable bonds is 7. The lowest BCUT2D eigenvalue weighted by Crippen LogP contribution is -2.65. The van der Waals surface area contributed by atoms with Gasteiger partial charge in [0.05, 0.1) is 11.1 Å². The second-order valence-corrected chi connectivity index (χ2v) is 7.61. The maximum atomic E-state index is 13.1. The predicted molar refractivity (Wildman–Crippen MR) is 102 cm³/mol. The van der Waals surface area contributed by atoms with E-state index in [1.54, 1.807) is 18.2 Å². The van der Waals surface area contributed by atoms with Crippen molar-refractivity contribution >= 4 is 23.6 Å². The third-order valence-electron chi connectivity index (χ3n) is 5.66. The molecule has 1 aromatic carbocycles. The van der Waals surface area contributed by atoms with E-state index in [1.165, 1.54) is 0 Å². The van der Waals surface area contributed by atoms with E-state index in [2.05, 4.69) is 16.0 Å². The number of piperidine rings is 1. The summed E-state index contributed by atoms with van der Waals surface area (Å²) in [5, 5.41) is 8.75. The van der Waals surface area contributed by atoms with Crippen LogP contribution in [-0.2, 0) is 20.9 Å². The van der Waals surface area contributed by atoms with Crippen LogP contribution in [0.3, 0.4) is 0 Å². The van der Waals surface area contributed by atoms with Crippen LogP contribution in [-0.4, -0.2) is 66.4 Å². The SMILES string of the molecule is CCOC1(CNCc2cccc3c2C(=O)N(C2CCC(=O)NC2=O)C3=O)CNC1. The molecule has 3 aliphatic rings. The average molecular weight is 400 g/mol. The van der Waals surface area contributed by atoms with Crippen LogP contribution in [0.1, 0.15) is 46.0 Å². The van der Waals surface area contributed by atoms with E-state index in [-0.39, 0.29) is 24.3 Å². The lowest BCUT2D eigenvalue weighted by Gasteiger charge is -2.42. The molecule has 1 aromatic rings. The maximum Gasteiger partial charge on any atom is 0.262 e. The molecule has 1 atom stereocenters. The number of nitrogens with one attached hydrogen (secondary N) is 3. The first kappa shape index (κ1) is 19.7. The van der Waals surface area contributed by atoms with Crippen molar-refractivity contribution in [3.05, 3.63) is 34.9 Å². The van der Waals surface area contributed by atoms with E-state index in [0.29, 0.717) is 36.4 Å². The standard InChI is InChI=1S/C20H24N4O5/c1-2-29-20(10-22-11-20)9-21-8-12-4-3-5-13-16(12)19(28)24(18(13)27)14-6-7-15(25)23-17(14)26/h3-5,14,21-22H,2,6-11H2,1H3,(H,23,25,26). The molecule has 0 aromatic heterocycles. The Balaban J connectivity index is 1.50. The molecule has 2 fully saturated rings. The van der Waals surface area contributed by atoms with Crippen LogP contribution >= 0.6 is 0 Å². The van der Waals surface area contributed by atoms with Gasteiger partial charge in [-0.25, -0.2) is 0 Å². The largest absolute Gasteiger partial charge is 0.371 e. The molecule has 0 bridgehead atoms. The van der Waals surface area contributed by atoms with Gasteiger partial charge in [-0.15, -0.1) is 0 Å². The summed E-state index contributed by atoms with van der Waals surface area (Å²) in [6, 6.07) is 4.18. The van der Waals surface area contributed by atoms with Crippen LogP contribution in [0.2, 0.25) is 0 Å². The molecule has 0 aliphatic carbocycles. The summed E-state index contributed by atoms with van der Waals surface area (Å²) < 4.78 is 5.82. The first-order valence-electron chi connectivity index (χ1n) is 9.84. The minimum Gasteiger partial charge on any atom is -0.371 e. The summed E-state index contributed by atoms with van der Waals surface area (Å²) in [6.45, 7) is 5.13. The van der Waals surface area contributed by atoms with E-state index in [0.717, 1.165) is 18.0 Å². The van der Waals surface area contributed by atoms with Crippen molar-refractivity contribution in [2.24, 2.45) is 0 Å². The lowest BCUT2D eigenvalue weighted by molar-refractivity contribution is -0.136. The van der Waals surface area contributed by atoms with E-state index in [4.69, 9.17) is 4.74 Å². The third kappa shape index (κ3) is 3.45. The van der Waals surface area contributed by atoms with Crippen molar-refractivity contribution < 1.29 is 23.9 Å². The van der Waals surface area contributed by atoms with Crippen molar-refractivity contribution in [3.8, 4) is 0 Å². The number of fused-ring (bicyclic) bond motifs is 1. The molecule has 4 rings (SSSR count). The normalized spacial score (nSPS) is 23.1. The van der Waals surface area contributed by atoms with Gasteiger partial charge in [-0.2, -0.15) is 0 Å². The number of imide groups is 2. The van der Waals surface area contributed by atoms with Gasteiger partial charge in [0.2, 0.25) is 11.8 Å². The smallest absolute Gasteiger partial charge is 0.262 e. The Labute approximate surface area is 168 Å². The van der Waals surface area contributed by atoms with Gasteiger partial charge in [0.25, 0.3) is 11.8 Å². The van der Waals surface area contributed by atoms with Crippen molar-refractivity contribution in [1.29, 1.82) is 0 Å². The molecule has 1 unspecified atom stereocenters. The van der Waals surface area contributed by atoms with Crippen molar-refractivity contribution in [2.75, 3.05) is 26.2 Å². The molecule has 154 valence electrons. The Kier molecular flexibility index (Phi) is 5.20. The van der Waals surface area contributed by atoms with Crippen LogP contribution in [0, 0.1) is 0 Å². The van der Waals surface area contributed by atoms with E-state index < -0.39 is 23.8 Å². The summed E-state index contributed by atoms with van der Waals surface area (Å²) in [5.74, 6) is -1.97. The van der Waals surface area contributed by atoms with Crippen molar-refractivity contribution in [3.63, 3.8) is 0 Å². The third-order valence-corrected chi connectivity index (χ3v) is 5.66. The number of benzene rings is 1. The van der Waals surface area contributed by atoms with Gasteiger partial charge in [-0.05, 0) is 25.0 Å². The van der Waals surface area contributed by atoms with Gasteiger partial charge >= 0.3 is 0 Å². The Hall–Kier alpha value is -2.62. The van der Waals surface area contributed by atoms with Crippen molar-refractivity contribution in [1.82, 2.24) is 20.9 Å². The number of hydrogen-bond acceptors (Lipinski definition) is 7. The minimum absolute atomic E-state index is 0.103. The molecule has 0 radical (unpaired) electrons. The van der Waals surface area contributed by atoms with E-state index in [1.807, 2.05) is 6.92 Å². The first-order chi connectivity index (χ1) is 14.0. The molecule has 3 N–H and O–H groups in total. The highest BCUT2D eigenvalue weighted by molar-refractivity contribution is 6.24. The lowest BCUT2D eigenvalue weighted by atomic mass is 9.96. The fraction of sp³-hybridized carbons (Fsp3) is 0.500. The first-order valence-corrected chi connectivity index (χ1v) is 9.84. The van der Waals surface area contributed by atoms with E-state index >= 15 is 0 Å². The minimum atomic E-state index is -0.955. The van der Waals surface area contributed by atoms with Gasteiger partial charge < -0.3 is 15.4 Å². The van der Waals surface area contributed by atoms with Gasteiger partial charge in [-0.3, -0.25) is 29.4 Å². The fourth-order valence-electron chi connectivity index (χ4n) is 4.15. The zero-order valence-electron chi connectivity index (χ0n) is 16.2. The molecule has 0 spiro atoms. The van der Waals surface area contributed by atoms with Crippen LogP contribution < -0.4 is 16.0 Å². The summed E-state index contributed by atoms with van der Waals surface area (Å²) in [5.41, 5.74) is 1.08. The van der Waals surface area contributed by atoms with Crippen LogP contribution in [0.4, 0.5) is 0 Å². The number of amides is 4. The molecule has 9 heteroatoms. The zero-order chi connectivity index (χ0) is 20.6. The summed E-state index contributed by atoms with van der Waals surface area (Å²) in [4.78, 5) is 50.5. The average Bonchev–Trinajstić information content (AvgIpc) is 2.91. The number of hydrogen-bond donors (Lipinski definition) is 3. The molecule has 3 aliphatic heterocycles. The number of carbonyl (C=O) groups excluding carboxylic acids is 4. The summed E-state index contributed by atoms with van der Waals surface area (Å²) >= 11 is 0. The Morgan fingerprint density at radius 2 is 2.00 bits per heavy atom. The number of carbonyl (C=O) groups is 4. The fourth-order valence-corrected chi connectivity index (χ4v) is 4.15. The molecular weight excluding hydrogens is 376 g/mol. The Morgan fingerprint density at radius 3 is 2.66 bits per heavy atom. The molecule has 2 saturated heterocycles. The van der Waals surface area contributed by atoms with Crippen LogP contribution in [0.15, 0.2) is 18.2 Å². The maximum absolute atomic E-state index is 13.1. The Bertz CT molecular complexity index is 880. The predicted octanol–water partition coefficient (Wildman–Crippen LogP) is -0.444.